The number of nitrogens with two attached hydrogens (primary N) is 1. The first-order chi connectivity index (χ1) is 10.8. The number of hydrazine groups is 1. The summed E-state index contributed by atoms with van der Waals surface area (Å²) in [6, 6.07) is 5.95. The van der Waals surface area contributed by atoms with Crippen LogP contribution in [0.3, 0.4) is 0 Å². The van der Waals surface area contributed by atoms with Crippen LogP contribution in [-0.2, 0) is 0 Å². The lowest BCUT2D eigenvalue weighted by atomic mass is 10.0. The molecule has 0 saturated carbocycles. The zero-order valence-corrected chi connectivity index (χ0v) is 12.4. The van der Waals surface area contributed by atoms with Crippen molar-refractivity contribution in [3.63, 3.8) is 0 Å². The molecule has 0 radical (unpaired) electrons. The van der Waals surface area contributed by atoms with Gasteiger partial charge in [0.1, 0.15) is 15.0 Å². The zero-order chi connectivity index (χ0) is 15.1. The number of nitrogen functional groups attached to an aromatic ring is 1. The summed E-state index contributed by atoms with van der Waals surface area (Å²) < 4.78 is 0.843. The van der Waals surface area contributed by atoms with Crippen LogP contribution in [0.25, 0.3) is 31.6 Å². The minimum Gasteiger partial charge on any atom is -0.306 e. The van der Waals surface area contributed by atoms with E-state index in [-0.39, 0.29) is 0 Å². The quantitative estimate of drug-likeness (QED) is 0.432. The third-order valence-corrected chi connectivity index (χ3v) is 4.46. The Hall–Kier alpha value is -2.71. The summed E-state index contributed by atoms with van der Waals surface area (Å²) in [4.78, 5) is 9.69. The van der Waals surface area contributed by atoms with Crippen molar-refractivity contribution in [2.24, 2.45) is 5.84 Å². The van der Waals surface area contributed by atoms with Crippen LogP contribution >= 0.6 is 11.3 Å². The number of rotatable bonds is 2. The van der Waals surface area contributed by atoms with Crippen LogP contribution in [0.5, 0.6) is 0 Å². The van der Waals surface area contributed by atoms with Gasteiger partial charge in [-0.3, -0.25) is 4.98 Å². The first-order valence-corrected chi connectivity index (χ1v) is 7.40. The molecule has 4 heterocycles. The van der Waals surface area contributed by atoms with Crippen molar-refractivity contribution < 1.29 is 0 Å². The molecule has 108 valence electrons. The molecule has 0 unspecified atom stereocenters. The smallest absolute Gasteiger partial charge is 0.184 e. The van der Waals surface area contributed by atoms with Crippen LogP contribution in [0.1, 0.15) is 5.69 Å². The molecule has 0 fully saturated rings. The van der Waals surface area contributed by atoms with Crippen LogP contribution in [0.2, 0.25) is 0 Å². The number of nitrogens with one attached hydrogen (secondary N) is 1. The Bertz CT molecular complexity index is 981. The van der Waals surface area contributed by atoms with E-state index in [1.165, 1.54) is 11.3 Å². The molecule has 0 aromatic carbocycles. The normalized spacial score (nSPS) is 11.2. The van der Waals surface area contributed by atoms with Crippen molar-refractivity contribution >= 4 is 37.6 Å². The predicted molar refractivity (Wildman–Crippen MR) is 86.3 cm³/mol. The summed E-state index contributed by atoms with van der Waals surface area (Å²) in [6.45, 7) is 1.97. The third kappa shape index (κ3) is 1.89. The van der Waals surface area contributed by atoms with Crippen LogP contribution in [0.15, 0.2) is 30.6 Å². The maximum Gasteiger partial charge on any atom is 0.184 e. The monoisotopic (exact) mass is 309 g/mol. The SMILES string of the molecule is Cc1cc(-c2cccnc2)c2c(n1)sc1c(NN)nnnc12. The van der Waals surface area contributed by atoms with Gasteiger partial charge in [-0.25, -0.2) is 10.8 Å². The Morgan fingerprint density at radius 2 is 2.18 bits per heavy atom. The molecule has 0 aliphatic carbocycles. The van der Waals surface area contributed by atoms with E-state index < -0.39 is 0 Å². The molecule has 4 aromatic heterocycles. The maximum absolute atomic E-state index is 5.51. The maximum atomic E-state index is 5.51. The van der Waals surface area contributed by atoms with Gasteiger partial charge in [0.2, 0.25) is 0 Å². The van der Waals surface area contributed by atoms with Gasteiger partial charge in [-0.05, 0) is 29.8 Å². The van der Waals surface area contributed by atoms with Gasteiger partial charge in [-0.2, -0.15) is 0 Å². The first-order valence-electron chi connectivity index (χ1n) is 6.58. The molecule has 0 spiro atoms. The van der Waals surface area contributed by atoms with Gasteiger partial charge in [0.25, 0.3) is 0 Å². The van der Waals surface area contributed by atoms with Gasteiger partial charge in [0, 0.05) is 29.0 Å². The third-order valence-electron chi connectivity index (χ3n) is 3.38. The summed E-state index contributed by atoms with van der Waals surface area (Å²) in [5, 5.41) is 12.8. The number of aryl methyl sites for hydroxylation is 1. The molecule has 22 heavy (non-hydrogen) atoms. The van der Waals surface area contributed by atoms with E-state index in [0.717, 1.165) is 37.3 Å². The molecule has 0 aliphatic rings. The minimum atomic E-state index is 0.503. The van der Waals surface area contributed by atoms with Crippen molar-refractivity contribution in [3.8, 4) is 11.1 Å². The molecule has 0 saturated heterocycles. The molecule has 4 rings (SSSR count). The molecule has 0 bridgehead atoms. The minimum absolute atomic E-state index is 0.503. The highest BCUT2D eigenvalue weighted by Crippen LogP contribution is 2.39. The number of aromatic nitrogens is 5. The zero-order valence-electron chi connectivity index (χ0n) is 11.6. The second-order valence-corrected chi connectivity index (χ2v) is 5.79. The average Bonchev–Trinajstić information content (AvgIpc) is 2.93. The molecule has 3 N–H and O–H groups in total. The topological polar surface area (TPSA) is 102 Å². The highest BCUT2D eigenvalue weighted by Gasteiger charge is 2.17. The second kappa shape index (κ2) is 4.93. The molecule has 0 amide bonds. The van der Waals surface area contributed by atoms with Gasteiger partial charge in [-0.1, -0.05) is 6.07 Å². The van der Waals surface area contributed by atoms with Gasteiger partial charge < -0.3 is 5.43 Å². The van der Waals surface area contributed by atoms with Crippen molar-refractivity contribution in [2.75, 3.05) is 5.43 Å². The number of anilines is 1. The highest BCUT2D eigenvalue weighted by molar-refractivity contribution is 7.26. The van der Waals surface area contributed by atoms with E-state index in [1.807, 2.05) is 31.3 Å². The average molecular weight is 309 g/mol. The number of hydrogen-bond donors (Lipinski definition) is 2. The number of fused-ring (bicyclic) bond motifs is 3. The van der Waals surface area contributed by atoms with Gasteiger partial charge in [0.15, 0.2) is 5.82 Å². The Kier molecular flexibility index (Phi) is 2.91. The van der Waals surface area contributed by atoms with Gasteiger partial charge >= 0.3 is 0 Å². The molecule has 0 atom stereocenters. The second-order valence-electron chi connectivity index (χ2n) is 4.80. The summed E-state index contributed by atoms with van der Waals surface area (Å²) in [5.74, 6) is 6.02. The molecule has 4 aromatic rings. The number of pyridine rings is 2. The molecule has 0 aliphatic heterocycles. The number of thiophene rings is 1. The van der Waals surface area contributed by atoms with Crippen molar-refractivity contribution in [3.05, 3.63) is 36.3 Å². The summed E-state index contributed by atoms with van der Waals surface area (Å²) >= 11 is 1.50. The van der Waals surface area contributed by atoms with Crippen LogP contribution in [0.4, 0.5) is 5.82 Å². The number of hydrogen-bond acceptors (Lipinski definition) is 8. The fourth-order valence-corrected chi connectivity index (χ4v) is 3.59. The summed E-state index contributed by atoms with van der Waals surface area (Å²) in [5.41, 5.74) is 6.28. The lowest BCUT2D eigenvalue weighted by Crippen LogP contribution is -2.09. The fraction of sp³-hybridized carbons (Fsp3) is 0.0714. The fourth-order valence-electron chi connectivity index (χ4n) is 2.46. The van der Waals surface area contributed by atoms with Crippen LogP contribution < -0.4 is 11.3 Å². The first kappa shape index (κ1) is 13.0. The Morgan fingerprint density at radius 1 is 1.27 bits per heavy atom. The van der Waals surface area contributed by atoms with E-state index in [1.54, 1.807) is 6.20 Å². The Balaban J connectivity index is 2.17. The number of nitrogens with zero attached hydrogens (tertiary/aromatic N) is 5. The van der Waals surface area contributed by atoms with E-state index in [9.17, 15) is 0 Å². The van der Waals surface area contributed by atoms with E-state index in [0.29, 0.717) is 5.82 Å². The highest BCUT2D eigenvalue weighted by atomic mass is 32.1. The summed E-state index contributed by atoms with van der Waals surface area (Å²) in [6.07, 6.45) is 3.58. The van der Waals surface area contributed by atoms with E-state index in [2.05, 4.69) is 30.8 Å². The Morgan fingerprint density at radius 3 is 2.95 bits per heavy atom. The molecule has 7 nitrogen and oxygen atoms in total. The summed E-state index contributed by atoms with van der Waals surface area (Å²) in [7, 11) is 0. The van der Waals surface area contributed by atoms with Gasteiger partial charge in [0.05, 0.1) is 0 Å². The van der Waals surface area contributed by atoms with E-state index >= 15 is 0 Å². The van der Waals surface area contributed by atoms with E-state index in [4.69, 9.17) is 5.84 Å². The van der Waals surface area contributed by atoms with Crippen LogP contribution in [-0.4, -0.2) is 25.4 Å². The van der Waals surface area contributed by atoms with Crippen molar-refractivity contribution in [2.45, 2.75) is 6.92 Å². The molecule has 8 heteroatoms. The largest absolute Gasteiger partial charge is 0.306 e. The van der Waals surface area contributed by atoms with Crippen molar-refractivity contribution in [1.82, 2.24) is 25.4 Å². The lowest BCUT2D eigenvalue weighted by molar-refractivity contribution is 0.899. The Labute approximate surface area is 129 Å². The lowest BCUT2D eigenvalue weighted by Gasteiger charge is -2.04. The van der Waals surface area contributed by atoms with Crippen LogP contribution in [0, 0.1) is 6.92 Å². The van der Waals surface area contributed by atoms with Crippen molar-refractivity contribution in [1.29, 1.82) is 0 Å². The molecular weight excluding hydrogens is 298 g/mol. The molecular formula is C14H11N7S. The standard InChI is InChI=1S/C14H11N7S/c1-7-5-9(8-3-2-4-16-6-8)10-11-12(22-14(10)17-7)13(18-15)20-21-19-11/h2-6H,15H2,1H3,(H,18,19,20). The predicted octanol–water partition coefficient (Wildman–Crippen LogP) is 2.29. The van der Waals surface area contributed by atoms with Gasteiger partial charge in [-0.15, -0.1) is 21.5 Å².